The van der Waals surface area contributed by atoms with Gasteiger partial charge in [0.2, 0.25) is 21.8 Å². The number of carbonyl (C=O) groups excluding carboxylic acids is 2. The van der Waals surface area contributed by atoms with Crippen LogP contribution in [0.5, 0.6) is 0 Å². The smallest absolute Gasteiger partial charge is 0.244 e. The Bertz CT molecular complexity index is 1430. The second-order valence-electron chi connectivity index (χ2n) is 10.5. The number of anilines is 1. The van der Waals surface area contributed by atoms with Gasteiger partial charge in [0.25, 0.3) is 0 Å². The summed E-state index contributed by atoms with van der Waals surface area (Å²) in [7, 11) is -3.80. The first-order valence-corrected chi connectivity index (χ1v) is 16.2. The third-order valence-corrected chi connectivity index (χ3v) is 8.82. The van der Waals surface area contributed by atoms with Crippen LogP contribution in [0.3, 0.4) is 0 Å². The molecule has 2 amide bonds. The summed E-state index contributed by atoms with van der Waals surface area (Å²) in [6, 6.07) is 23.5. The Morgan fingerprint density at radius 2 is 1.62 bits per heavy atom. The second kappa shape index (κ2) is 13.5. The summed E-state index contributed by atoms with van der Waals surface area (Å²) in [5.74, 6) is -0.667. The standard InChI is InChI=1S/C31H36BrN3O4S/c1-23-10-8-13-25(18-23)21-34(30(36)22-35(40(2,38)39)28-17-9-14-26(32)20-28)29(19-24-11-4-3-5-12-24)31(37)33-27-15-6-7-16-27/h3-5,8-14,17-18,20,27,29H,6-7,15-16,19,21-22H2,1-2H3,(H,33,37)/t29-/m0/s1. The van der Waals surface area contributed by atoms with Crippen LogP contribution < -0.4 is 9.62 Å². The van der Waals surface area contributed by atoms with Gasteiger partial charge in [-0.25, -0.2) is 8.42 Å². The van der Waals surface area contributed by atoms with E-state index in [1.54, 1.807) is 29.2 Å². The van der Waals surface area contributed by atoms with E-state index >= 15 is 0 Å². The van der Waals surface area contributed by atoms with Gasteiger partial charge in [-0.05, 0) is 49.1 Å². The monoisotopic (exact) mass is 625 g/mol. The summed E-state index contributed by atoms with van der Waals surface area (Å²) in [5.41, 5.74) is 3.19. The Labute approximate surface area is 245 Å². The maximum atomic E-state index is 14.1. The van der Waals surface area contributed by atoms with Crippen molar-refractivity contribution in [3.63, 3.8) is 0 Å². The molecule has 3 aromatic rings. The first-order valence-electron chi connectivity index (χ1n) is 13.5. The lowest BCUT2D eigenvalue weighted by molar-refractivity contribution is -0.140. The Hall–Kier alpha value is -3.17. The number of benzene rings is 3. The Kier molecular flexibility index (Phi) is 10.0. The molecule has 0 unspecified atom stereocenters. The molecule has 1 aliphatic rings. The van der Waals surface area contributed by atoms with E-state index in [1.807, 2.05) is 61.5 Å². The highest BCUT2D eigenvalue weighted by molar-refractivity contribution is 9.10. The Balaban J connectivity index is 1.72. The SMILES string of the molecule is Cc1cccc(CN(C(=O)CN(c2cccc(Br)c2)S(C)(=O)=O)[C@@H](Cc2ccccc2)C(=O)NC2CCCC2)c1. The molecule has 0 heterocycles. The highest BCUT2D eigenvalue weighted by Gasteiger charge is 2.34. The van der Waals surface area contributed by atoms with Crippen molar-refractivity contribution < 1.29 is 18.0 Å². The van der Waals surface area contributed by atoms with E-state index in [0.29, 0.717) is 16.6 Å². The highest BCUT2D eigenvalue weighted by Crippen LogP contribution is 2.24. The first-order chi connectivity index (χ1) is 19.1. The van der Waals surface area contributed by atoms with E-state index in [4.69, 9.17) is 0 Å². The molecular formula is C31H36BrN3O4S. The number of amides is 2. The zero-order chi connectivity index (χ0) is 28.7. The summed E-state index contributed by atoms with van der Waals surface area (Å²) in [5, 5.41) is 3.18. The zero-order valence-electron chi connectivity index (χ0n) is 22.9. The number of sulfonamides is 1. The van der Waals surface area contributed by atoms with Crippen LogP contribution in [0.2, 0.25) is 0 Å². The van der Waals surface area contributed by atoms with Crippen molar-refractivity contribution in [2.24, 2.45) is 0 Å². The van der Waals surface area contributed by atoms with Crippen molar-refractivity contribution in [3.05, 3.63) is 100 Å². The molecule has 4 rings (SSSR count). The highest BCUT2D eigenvalue weighted by atomic mass is 79.9. The molecule has 7 nitrogen and oxygen atoms in total. The number of carbonyl (C=O) groups is 2. The van der Waals surface area contributed by atoms with Crippen molar-refractivity contribution in [2.75, 3.05) is 17.1 Å². The third kappa shape index (κ3) is 8.17. The minimum Gasteiger partial charge on any atom is -0.352 e. The molecule has 212 valence electrons. The van der Waals surface area contributed by atoms with Crippen molar-refractivity contribution in [1.82, 2.24) is 10.2 Å². The fraction of sp³-hybridized carbons (Fsp3) is 0.355. The summed E-state index contributed by atoms with van der Waals surface area (Å²) >= 11 is 3.39. The molecule has 0 spiro atoms. The minimum atomic E-state index is -3.80. The van der Waals surface area contributed by atoms with E-state index in [0.717, 1.165) is 52.9 Å². The molecule has 1 fully saturated rings. The fourth-order valence-corrected chi connectivity index (χ4v) is 6.40. The number of rotatable bonds is 11. The van der Waals surface area contributed by atoms with E-state index in [2.05, 4.69) is 21.2 Å². The molecule has 9 heteroatoms. The topological polar surface area (TPSA) is 86.8 Å². The molecule has 3 aromatic carbocycles. The van der Waals surface area contributed by atoms with Gasteiger partial charge in [0.1, 0.15) is 12.6 Å². The van der Waals surface area contributed by atoms with Crippen molar-refractivity contribution in [1.29, 1.82) is 0 Å². The van der Waals surface area contributed by atoms with Crippen LogP contribution >= 0.6 is 15.9 Å². The molecule has 0 radical (unpaired) electrons. The molecule has 0 bridgehead atoms. The van der Waals surface area contributed by atoms with Crippen molar-refractivity contribution in [3.8, 4) is 0 Å². The number of hydrogen-bond donors (Lipinski definition) is 1. The number of nitrogens with zero attached hydrogens (tertiary/aromatic N) is 2. The maximum Gasteiger partial charge on any atom is 0.244 e. The quantitative estimate of drug-likeness (QED) is 0.316. The lowest BCUT2D eigenvalue weighted by atomic mass is 10.0. The molecule has 1 saturated carbocycles. The van der Waals surface area contributed by atoms with Gasteiger partial charge >= 0.3 is 0 Å². The summed E-state index contributed by atoms with van der Waals surface area (Å²) in [4.78, 5) is 29.6. The predicted molar refractivity (Wildman–Crippen MR) is 162 cm³/mol. The average molecular weight is 627 g/mol. The largest absolute Gasteiger partial charge is 0.352 e. The van der Waals surface area contributed by atoms with Crippen molar-refractivity contribution >= 4 is 43.5 Å². The fourth-order valence-electron chi connectivity index (χ4n) is 5.17. The number of halogens is 1. The van der Waals surface area contributed by atoms with Crippen LogP contribution in [0.1, 0.15) is 42.4 Å². The summed E-state index contributed by atoms with van der Waals surface area (Å²) in [6.07, 6.45) is 5.36. The Morgan fingerprint density at radius 1 is 0.950 bits per heavy atom. The molecule has 40 heavy (non-hydrogen) atoms. The van der Waals surface area contributed by atoms with Gasteiger partial charge < -0.3 is 10.2 Å². The lowest BCUT2D eigenvalue weighted by Crippen LogP contribution is -2.54. The second-order valence-corrected chi connectivity index (χ2v) is 13.3. The molecule has 0 saturated heterocycles. The molecule has 0 aromatic heterocycles. The van der Waals surface area contributed by atoms with E-state index in [9.17, 15) is 18.0 Å². The van der Waals surface area contributed by atoms with Gasteiger partial charge in [-0.1, -0.05) is 95.0 Å². The van der Waals surface area contributed by atoms with Crippen LogP contribution in [-0.4, -0.2) is 50.0 Å². The average Bonchev–Trinajstić information content (AvgIpc) is 3.42. The van der Waals surface area contributed by atoms with Gasteiger partial charge in [-0.3, -0.25) is 13.9 Å². The first kappa shape index (κ1) is 29.8. The van der Waals surface area contributed by atoms with Gasteiger partial charge in [-0.2, -0.15) is 0 Å². The van der Waals surface area contributed by atoms with E-state index in [1.165, 1.54) is 0 Å². The summed E-state index contributed by atoms with van der Waals surface area (Å²) in [6.45, 7) is 1.72. The minimum absolute atomic E-state index is 0.0795. The number of aryl methyl sites for hydroxylation is 1. The molecular weight excluding hydrogens is 590 g/mol. The van der Waals surface area contributed by atoms with Gasteiger partial charge in [-0.15, -0.1) is 0 Å². The lowest BCUT2D eigenvalue weighted by Gasteiger charge is -2.34. The summed E-state index contributed by atoms with van der Waals surface area (Å²) < 4.78 is 27.6. The van der Waals surface area contributed by atoms with Gasteiger partial charge in [0.05, 0.1) is 11.9 Å². The molecule has 1 atom stereocenters. The predicted octanol–water partition coefficient (Wildman–Crippen LogP) is 5.22. The van der Waals surface area contributed by atoms with Gasteiger partial charge in [0, 0.05) is 23.5 Å². The van der Waals surface area contributed by atoms with Crippen molar-refractivity contribution in [2.45, 2.75) is 57.7 Å². The number of nitrogens with one attached hydrogen (secondary N) is 1. The molecule has 1 N–H and O–H groups in total. The number of hydrogen-bond acceptors (Lipinski definition) is 4. The Morgan fingerprint density at radius 3 is 2.27 bits per heavy atom. The van der Waals surface area contributed by atoms with Crippen LogP contribution in [0.25, 0.3) is 0 Å². The van der Waals surface area contributed by atoms with Gasteiger partial charge in [0.15, 0.2) is 0 Å². The molecule has 1 aliphatic carbocycles. The van der Waals surface area contributed by atoms with Crippen LogP contribution in [0, 0.1) is 6.92 Å². The normalized spacial score (nSPS) is 14.5. The van der Waals surface area contributed by atoms with Crippen LogP contribution in [0.15, 0.2) is 83.3 Å². The van der Waals surface area contributed by atoms with E-state index < -0.39 is 28.5 Å². The zero-order valence-corrected chi connectivity index (χ0v) is 25.3. The third-order valence-electron chi connectivity index (χ3n) is 7.18. The molecule has 0 aliphatic heterocycles. The van der Waals surface area contributed by atoms with E-state index in [-0.39, 0.29) is 18.5 Å². The van der Waals surface area contributed by atoms with Crippen LogP contribution in [-0.2, 0) is 32.6 Å². The maximum absolute atomic E-state index is 14.1. The van der Waals surface area contributed by atoms with Crippen LogP contribution in [0.4, 0.5) is 5.69 Å².